The van der Waals surface area contributed by atoms with E-state index in [-0.39, 0.29) is 6.61 Å². The van der Waals surface area contributed by atoms with Gasteiger partial charge in [0.25, 0.3) is 0 Å². The summed E-state index contributed by atoms with van der Waals surface area (Å²) in [4.78, 5) is 11.4. The molecule has 0 aliphatic rings. The normalized spacial score (nSPS) is 14.0. The molecule has 24 heavy (non-hydrogen) atoms. The number of allylic oxidation sites excluding steroid dienone is 1. The molecule has 2 atom stereocenters. The lowest BCUT2D eigenvalue weighted by atomic mass is 10.0. The molecule has 142 valence electrons. The molecule has 0 spiro atoms. The Balaban J connectivity index is 3.44. The van der Waals surface area contributed by atoms with Crippen molar-refractivity contribution in [2.75, 3.05) is 6.61 Å². The predicted octanol–water partition coefficient (Wildman–Crippen LogP) is 4.50. The average Bonchev–Trinajstić information content (AvgIpc) is 2.58. The first-order valence-corrected chi connectivity index (χ1v) is 9.90. The van der Waals surface area contributed by atoms with Crippen LogP contribution < -0.4 is 5.73 Å². The highest BCUT2D eigenvalue weighted by molar-refractivity contribution is 5.76. The predicted molar refractivity (Wildman–Crippen MR) is 101 cm³/mol. The third-order valence-electron chi connectivity index (χ3n) is 4.23. The van der Waals surface area contributed by atoms with Crippen molar-refractivity contribution < 1.29 is 14.6 Å². The fourth-order valence-corrected chi connectivity index (χ4v) is 2.66. The molecule has 3 N–H and O–H groups in total. The number of carbonyl (C=O) groups is 1. The zero-order chi connectivity index (χ0) is 18.0. The van der Waals surface area contributed by atoms with Gasteiger partial charge in [-0.1, -0.05) is 83.3 Å². The van der Waals surface area contributed by atoms with Crippen LogP contribution in [0.2, 0.25) is 0 Å². The fourth-order valence-electron chi connectivity index (χ4n) is 2.66. The van der Waals surface area contributed by atoms with E-state index in [4.69, 9.17) is 10.5 Å². The molecule has 4 nitrogen and oxygen atoms in total. The van der Waals surface area contributed by atoms with E-state index in [1.54, 1.807) is 13.0 Å². The van der Waals surface area contributed by atoms with E-state index in [0.717, 1.165) is 12.8 Å². The molecule has 0 fully saturated rings. The Morgan fingerprint density at radius 1 is 0.958 bits per heavy atom. The van der Waals surface area contributed by atoms with Crippen molar-refractivity contribution in [3.8, 4) is 0 Å². The van der Waals surface area contributed by atoms with Gasteiger partial charge >= 0.3 is 5.97 Å². The molecule has 0 rings (SSSR count). The highest BCUT2D eigenvalue weighted by Gasteiger charge is 2.21. The number of rotatable bonds is 16. The number of esters is 1. The molecule has 0 aliphatic heterocycles. The van der Waals surface area contributed by atoms with E-state index in [9.17, 15) is 9.90 Å². The number of ether oxygens (including phenoxy) is 1. The van der Waals surface area contributed by atoms with Gasteiger partial charge < -0.3 is 15.6 Å². The van der Waals surface area contributed by atoms with Gasteiger partial charge in [-0.05, 0) is 19.8 Å². The van der Waals surface area contributed by atoms with E-state index in [2.05, 4.69) is 6.92 Å². The molecule has 0 saturated carbocycles. The summed E-state index contributed by atoms with van der Waals surface area (Å²) in [6.07, 6.45) is 18.1. The van der Waals surface area contributed by atoms with Crippen LogP contribution in [0, 0.1) is 0 Å². The highest BCUT2D eigenvalue weighted by atomic mass is 16.5. The highest BCUT2D eigenvalue weighted by Crippen LogP contribution is 2.12. The number of hydrogen-bond donors (Lipinski definition) is 2. The van der Waals surface area contributed by atoms with E-state index < -0.39 is 18.1 Å². The van der Waals surface area contributed by atoms with Crippen molar-refractivity contribution in [3.05, 3.63) is 12.2 Å². The van der Waals surface area contributed by atoms with Crippen molar-refractivity contribution in [2.24, 2.45) is 5.73 Å². The first-order valence-electron chi connectivity index (χ1n) is 9.90. The Labute approximate surface area is 148 Å². The summed E-state index contributed by atoms with van der Waals surface area (Å²) in [5.41, 5.74) is 5.62. The second-order valence-electron chi connectivity index (χ2n) is 6.52. The van der Waals surface area contributed by atoms with Crippen molar-refractivity contribution in [1.29, 1.82) is 0 Å². The number of aliphatic hydroxyl groups is 1. The Hall–Kier alpha value is -0.870. The standard InChI is InChI=1S/C20H39NO3/c1-3-5-6-7-8-9-10-11-12-13-14-15-16-17-18(22)19(21)20(23)24-4-2/h16-19,22H,3-15,21H2,1-2H3. The van der Waals surface area contributed by atoms with Crippen LogP contribution in [0.3, 0.4) is 0 Å². The molecule has 0 radical (unpaired) electrons. The Kier molecular flexibility index (Phi) is 16.4. The summed E-state index contributed by atoms with van der Waals surface area (Å²) < 4.78 is 4.79. The molecule has 0 aromatic carbocycles. The number of hydrogen-bond acceptors (Lipinski definition) is 4. The van der Waals surface area contributed by atoms with Gasteiger partial charge in [-0.2, -0.15) is 0 Å². The zero-order valence-corrected chi connectivity index (χ0v) is 15.8. The molecular weight excluding hydrogens is 302 g/mol. The van der Waals surface area contributed by atoms with Crippen LogP contribution >= 0.6 is 0 Å². The minimum Gasteiger partial charge on any atom is -0.465 e. The van der Waals surface area contributed by atoms with E-state index in [1.165, 1.54) is 64.2 Å². The van der Waals surface area contributed by atoms with E-state index in [0.29, 0.717) is 0 Å². The van der Waals surface area contributed by atoms with Gasteiger partial charge in [-0.3, -0.25) is 4.79 Å². The van der Waals surface area contributed by atoms with Crippen LogP contribution in [-0.2, 0) is 9.53 Å². The quantitative estimate of drug-likeness (QED) is 0.246. The number of aliphatic hydroxyl groups excluding tert-OH is 1. The maximum absolute atomic E-state index is 11.4. The molecule has 4 heteroatoms. The van der Waals surface area contributed by atoms with Crippen LogP contribution in [0.1, 0.15) is 90.9 Å². The lowest BCUT2D eigenvalue weighted by Crippen LogP contribution is -2.42. The maximum Gasteiger partial charge on any atom is 0.325 e. The van der Waals surface area contributed by atoms with Crippen molar-refractivity contribution in [3.63, 3.8) is 0 Å². The molecule has 0 heterocycles. The SMILES string of the molecule is CCCCCCCCCCCCCC=CC(O)C(N)C(=O)OCC. The van der Waals surface area contributed by atoms with Crippen LogP contribution in [0.5, 0.6) is 0 Å². The minimum atomic E-state index is -0.987. The molecule has 0 aromatic rings. The van der Waals surface area contributed by atoms with Crippen LogP contribution in [0.4, 0.5) is 0 Å². The van der Waals surface area contributed by atoms with Crippen molar-refractivity contribution in [2.45, 2.75) is 103 Å². The summed E-state index contributed by atoms with van der Waals surface area (Å²) in [7, 11) is 0. The van der Waals surface area contributed by atoms with Gasteiger partial charge in [0.05, 0.1) is 12.7 Å². The van der Waals surface area contributed by atoms with Gasteiger partial charge in [-0.25, -0.2) is 0 Å². The van der Waals surface area contributed by atoms with Gasteiger partial charge in [-0.15, -0.1) is 0 Å². The largest absolute Gasteiger partial charge is 0.465 e. The number of carbonyl (C=O) groups excluding carboxylic acids is 1. The van der Waals surface area contributed by atoms with E-state index in [1.807, 2.05) is 6.08 Å². The fraction of sp³-hybridized carbons (Fsp3) is 0.850. The molecule has 0 aromatic heterocycles. The zero-order valence-electron chi connectivity index (χ0n) is 15.8. The Morgan fingerprint density at radius 2 is 1.46 bits per heavy atom. The van der Waals surface area contributed by atoms with Gasteiger partial charge in [0.15, 0.2) is 0 Å². The smallest absolute Gasteiger partial charge is 0.325 e. The molecule has 2 unspecified atom stereocenters. The van der Waals surface area contributed by atoms with Gasteiger partial charge in [0.2, 0.25) is 0 Å². The number of nitrogens with two attached hydrogens (primary N) is 1. The van der Waals surface area contributed by atoms with Crippen LogP contribution in [0.15, 0.2) is 12.2 Å². The number of unbranched alkanes of at least 4 members (excludes halogenated alkanes) is 11. The van der Waals surface area contributed by atoms with Crippen molar-refractivity contribution >= 4 is 5.97 Å². The first kappa shape index (κ1) is 23.1. The molecule has 0 aliphatic carbocycles. The van der Waals surface area contributed by atoms with Gasteiger partial charge in [0, 0.05) is 0 Å². The third-order valence-corrected chi connectivity index (χ3v) is 4.23. The molecule has 0 saturated heterocycles. The monoisotopic (exact) mass is 341 g/mol. The third kappa shape index (κ3) is 13.6. The lowest BCUT2D eigenvalue weighted by molar-refractivity contribution is -0.146. The summed E-state index contributed by atoms with van der Waals surface area (Å²) in [5.74, 6) is -0.552. The molecule has 0 bridgehead atoms. The average molecular weight is 342 g/mol. The summed E-state index contributed by atoms with van der Waals surface area (Å²) in [6.45, 7) is 4.26. The Bertz CT molecular complexity index is 318. The molecule has 0 amide bonds. The van der Waals surface area contributed by atoms with Gasteiger partial charge in [0.1, 0.15) is 6.04 Å². The minimum absolute atomic E-state index is 0.279. The molecular formula is C20H39NO3. The maximum atomic E-state index is 11.4. The lowest BCUT2D eigenvalue weighted by Gasteiger charge is -2.13. The second kappa shape index (κ2) is 17.0. The van der Waals surface area contributed by atoms with E-state index >= 15 is 0 Å². The topological polar surface area (TPSA) is 72.5 Å². The first-order chi connectivity index (χ1) is 11.6. The summed E-state index contributed by atoms with van der Waals surface area (Å²) >= 11 is 0. The van der Waals surface area contributed by atoms with Crippen LogP contribution in [-0.4, -0.2) is 29.8 Å². The summed E-state index contributed by atoms with van der Waals surface area (Å²) in [6, 6.07) is -0.987. The second-order valence-corrected chi connectivity index (χ2v) is 6.52. The Morgan fingerprint density at radius 3 is 1.96 bits per heavy atom. The van der Waals surface area contributed by atoms with Crippen LogP contribution in [0.25, 0.3) is 0 Å². The van der Waals surface area contributed by atoms with Crippen molar-refractivity contribution in [1.82, 2.24) is 0 Å². The summed E-state index contributed by atoms with van der Waals surface area (Å²) in [5, 5.41) is 9.78.